The molecule has 0 saturated carbocycles. The molecule has 0 amide bonds. The number of hydrogen-bond donors (Lipinski definition) is 0. The number of nitrogens with zero attached hydrogens (tertiary/aromatic N) is 8. The van der Waals surface area contributed by atoms with Gasteiger partial charge in [0.15, 0.2) is 6.19 Å². The molecular weight excluding hydrogens is 463 g/mol. The number of pyridine rings is 1. The molecule has 1 aromatic carbocycles. The number of aromatic nitrogens is 4. The van der Waals surface area contributed by atoms with Crippen LogP contribution < -0.4 is 0 Å². The molecule has 35 heavy (non-hydrogen) atoms. The van der Waals surface area contributed by atoms with E-state index in [4.69, 9.17) is 0 Å². The van der Waals surface area contributed by atoms with Gasteiger partial charge in [0.05, 0.1) is 41.6 Å². The number of rotatable bonds is 4. The Kier molecular flexibility index (Phi) is 5.86. The zero-order valence-electron chi connectivity index (χ0n) is 18.8. The van der Waals surface area contributed by atoms with E-state index in [1.807, 2.05) is 36.1 Å². The summed E-state index contributed by atoms with van der Waals surface area (Å²) in [5.74, 6) is -0.479. The van der Waals surface area contributed by atoms with Gasteiger partial charge in [-0.05, 0) is 44.0 Å². The van der Waals surface area contributed by atoms with Crippen molar-refractivity contribution >= 4 is 17.3 Å². The van der Waals surface area contributed by atoms with Gasteiger partial charge in [0, 0.05) is 39.4 Å². The van der Waals surface area contributed by atoms with Gasteiger partial charge in [0.2, 0.25) is 0 Å². The van der Waals surface area contributed by atoms with Crippen LogP contribution in [-0.4, -0.2) is 37.4 Å². The van der Waals surface area contributed by atoms with Gasteiger partial charge < -0.3 is 4.90 Å². The number of piperidine rings is 1. The number of hydrogen-bond acceptors (Lipinski definition) is 7. The monoisotopic (exact) mass is 482 g/mol. The topological polar surface area (TPSA) is 110 Å². The molecule has 172 valence electrons. The molecule has 0 bridgehead atoms. The molecule has 0 aliphatic carbocycles. The van der Waals surface area contributed by atoms with Crippen molar-refractivity contribution < 1.29 is 4.39 Å². The molecule has 4 aromatic rings. The van der Waals surface area contributed by atoms with Crippen molar-refractivity contribution in [3.8, 4) is 29.5 Å². The molecule has 3 aromatic heterocycles. The quantitative estimate of drug-likeness (QED) is 0.389. The van der Waals surface area contributed by atoms with Gasteiger partial charge in [-0.15, -0.1) is 0 Å². The highest BCUT2D eigenvalue weighted by molar-refractivity contribution is 7.99. The van der Waals surface area contributed by atoms with Crippen LogP contribution in [0, 0.1) is 46.9 Å². The largest absolute Gasteiger partial charge is 0.308 e. The summed E-state index contributed by atoms with van der Waals surface area (Å²) in [5.41, 5.74) is 3.99. The van der Waals surface area contributed by atoms with Crippen LogP contribution in [0.4, 0.5) is 4.39 Å². The fraction of sp³-hybridized carbons (Fsp3) is 0.240. The molecule has 1 aliphatic heterocycles. The van der Waals surface area contributed by atoms with Gasteiger partial charge in [-0.2, -0.15) is 26.0 Å². The summed E-state index contributed by atoms with van der Waals surface area (Å²) in [5, 5.41) is 37.4. The van der Waals surface area contributed by atoms with Crippen molar-refractivity contribution in [1.29, 1.82) is 15.8 Å². The highest BCUT2D eigenvalue weighted by Gasteiger charge is 2.24. The van der Waals surface area contributed by atoms with Gasteiger partial charge in [0.1, 0.15) is 18.0 Å². The van der Waals surface area contributed by atoms with Crippen molar-refractivity contribution in [2.75, 3.05) is 13.1 Å². The molecule has 8 nitrogen and oxygen atoms in total. The average molecular weight is 483 g/mol. The van der Waals surface area contributed by atoms with E-state index in [-0.39, 0.29) is 11.6 Å². The summed E-state index contributed by atoms with van der Waals surface area (Å²) in [7, 11) is 0. The molecule has 1 atom stereocenters. The first kappa shape index (κ1) is 22.5. The summed E-state index contributed by atoms with van der Waals surface area (Å²) >= 11 is 1.29. The lowest BCUT2D eigenvalue weighted by Gasteiger charge is -2.29. The molecule has 5 rings (SSSR count). The van der Waals surface area contributed by atoms with Crippen LogP contribution >= 0.6 is 11.8 Å². The first-order chi connectivity index (χ1) is 17.0. The highest BCUT2D eigenvalue weighted by atomic mass is 32.2. The first-order valence-corrected chi connectivity index (χ1v) is 11.8. The van der Waals surface area contributed by atoms with Gasteiger partial charge >= 0.3 is 0 Å². The van der Waals surface area contributed by atoms with Gasteiger partial charge in [0.25, 0.3) is 0 Å². The molecule has 1 aliphatic rings. The van der Waals surface area contributed by atoms with E-state index in [9.17, 15) is 20.2 Å². The zero-order chi connectivity index (χ0) is 24.5. The van der Waals surface area contributed by atoms with Crippen LogP contribution in [0.5, 0.6) is 0 Å². The van der Waals surface area contributed by atoms with Crippen molar-refractivity contribution in [2.24, 2.45) is 0 Å². The van der Waals surface area contributed by atoms with E-state index >= 15 is 0 Å². The summed E-state index contributed by atoms with van der Waals surface area (Å²) in [4.78, 5) is 3.07. The zero-order valence-corrected chi connectivity index (χ0v) is 19.6. The fourth-order valence-electron chi connectivity index (χ4n) is 4.51. The van der Waals surface area contributed by atoms with Crippen LogP contribution in [0.1, 0.15) is 35.7 Å². The van der Waals surface area contributed by atoms with E-state index in [0.717, 1.165) is 41.1 Å². The van der Waals surface area contributed by atoms with E-state index in [2.05, 4.69) is 22.5 Å². The number of benzene rings is 1. The van der Waals surface area contributed by atoms with E-state index < -0.39 is 5.82 Å². The van der Waals surface area contributed by atoms with Gasteiger partial charge in [-0.25, -0.2) is 8.91 Å². The molecule has 1 fully saturated rings. The molecule has 0 unspecified atom stereocenters. The van der Waals surface area contributed by atoms with Crippen LogP contribution in [0.15, 0.2) is 52.6 Å². The summed E-state index contributed by atoms with van der Waals surface area (Å²) in [6, 6.07) is 10.4. The Morgan fingerprint density at radius 2 is 1.89 bits per heavy atom. The van der Waals surface area contributed by atoms with Crippen LogP contribution in [0.25, 0.3) is 16.6 Å². The lowest BCUT2D eigenvalue weighted by atomic mass is 10.0. The highest BCUT2D eigenvalue weighted by Crippen LogP contribution is 2.38. The second-order valence-corrected chi connectivity index (χ2v) is 9.42. The molecule has 4 heterocycles. The number of halogens is 1. The molecule has 0 N–H and O–H groups in total. The minimum Gasteiger partial charge on any atom is -0.308 e. The normalized spacial score (nSPS) is 15.5. The third kappa shape index (κ3) is 4.07. The Morgan fingerprint density at radius 3 is 2.66 bits per heavy atom. The van der Waals surface area contributed by atoms with E-state index in [1.165, 1.54) is 30.1 Å². The van der Waals surface area contributed by atoms with Crippen LogP contribution in [-0.2, 0) is 0 Å². The predicted octanol–water partition coefficient (Wildman–Crippen LogP) is 4.66. The van der Waals surface area contributed by atoms with E-state index in [1.54, 1.807) is 15.5 Å². The number of likely N-dealkylation sites (tertiary alicyclic amines) is 1. The SMILES string of the molecule is Cc1c(-c2cc(Sc3ccc(F)cc3C#N)c3c(C#N)cnn3c2)cnn1[C@H]1CCCN(C#N)C1. The fourth-order valence-corrected chi connectivity index (χ4v) is 5.58. The van der Waals surface area contributed by atoms with Gasteiger partial charge in [-0.1, -0.05) is 11.8 Å². The van der Waals surface area contributed by atoms with Crippen LogP contribution in [0.2, 0.25) is 0 Å². The van der Waals surface area contributed by atoms with Crippen molar-refractivity contribution in [3.63, 3.8) is 0 Å². The third-order valence-corrected chi connectivity index (χ3v) is 7.33. The van der Waals surface area contributed by atoms with Gasteiger partial charge in [-0.3, -0.25) is 4.68 Å². The molecule has 10 heteroatoms. The second-order valence-electron chi connectivity index (χ2n) is 8.34. The molecular formula is C25H19FN8S. The van der Waals surface area contributed by atoms with Crippen molar-refractivity contribution in [1.82, 2.24) is 24.3 Å². The average Bonchev–Trinajstić information content (AvgIpc) is 3.48. The standard InChI is InChI=1S/C25H19FN8S/c1-16-22(12-31-34(16)21-3-2-6-32(14-21)15-29)18-8-24(25-19(10-28)11-30-33(25)13-18)35-23-5-4-20(26)7-17(23)9-27/h4-5,7-8,11-13,21H,2-3,6,14H2,1H3/t21-/m0/s1. The maximum absolute atomic E-state index is 13.7. The lowest BCUT2D eigenvalue weighted by Crippen LogP contribution is -2.34. The predicted molar refractivity (Wildman–Crippen MR) is 127 cm³/mol. The Hall–Kier alpha value is -4.33. The van der Waals surface area contributed by atoms with Crippen LogP contribution in [0.3, 0.4) is 0 Å². The van der Waals surface area contributed by atoms with Crippen molar-refractivity contribution in [3.05, 3.63) is 65.5 Å². The smallest absolute Gasteiger partial charge is 0.179 e. The lowest BCUT2D eigenvalue weighted by molar-refractivity contribution is 0.231. The maximum Gasteiger partial charge on any atom is 0.179 e. The third-order valence-electron chi connectivity index (χ3n) is 6.22. The Balaban J connectivity index is 1.60. The van der Waals surface area contributed by atoms with E-state index in [0.29, 0.717) is 22.5 Å². The summed E-state index contributed by atoms with van der Waals surface area (Å²) < 4.78 is 17.3. The molecule has 0 radical (unpaired) electrons. The minimum atomic E-state index is -0.479. The number of nitriles is 3. The maximum atomic E-state index is 13.7. The minimum absolute atomic E-state index is 0.113. The molecule has 1 saturated heterocycles. The molecule has 0 spiro atoms. The summed E-state index contributed by atoms with van der Waals surface area (Å²) in [6.45, 7) is 3.40. The Morgan fingerprint density at radius 1 is 1.06 bits per heavy atom. The summed E-state index contributed by atoms with van der Waals surface area (Å²) in [6.07, 6.45) is 9.29. The Bertz CT molecular complexity index is 1570. The van der Waals surface area contributed by atoms with Crippen molar-refractivity contribution in [2.45, 2.75) is 35.6 Å². The number of fused-ring (bicyclic) bond motifs is 1. The second kappa shape index (κ2) is 9.13. The first-order valence-electron chi connectivity index (χ1n) is 11.0. The Labute approximate surface area is 205 Å².